The normalized spacial score (nSPS) is 14.1. The molecule has 1 aliphatic heterocycles. The van der Waals surface area contributed by atoms with Crippen LogP contribution in [0.4, 0.5) is 13.2 Å². The molecular formula is C18H19F3N4O3. The summed E-state index contributed by atoms with van der Waals surface area (Å²) in [4.78, 5) is 25.2. The van der Waals surface area contributed by atoms with Gasteiger partial charge in [0, 0.05) is 25.1 Å². The van der Waals surface area contributed by atoms with E-state index < -0.39 is 23.7 Å². The first-order chi connectivity index (χ1) is 13.2. The van der Waals surface area contributed by atoms with Gasteiger partial charge in [-0.15, -0.1) is 0 Å². The molecule has 2 heterocycles. The van der Waals surface area contributed by atoms with Crippen molar-refractivity contribution < 1.29 is 27.5 Å². The second-order valence-electron chi connectivity index (χ2n) is 6.40. The summed E-state index contributed by atoms with van der Waals surface area (Å²) in [7, 11) is 1.47. The fourth-order valence-electron chi connectivity index (χ4n) is 3.20. The zero-order valence-corrected chi connectivity index (χ0v) is 15.1. The molecular weight excluding hydrogens is 377 g/mol. The number of amides is 2. The summed E-state index contributed by atoms with van der Waals surface area (Å²) in [5, 5.41) is 3.71. The number of hydrogen-bond donors (Lipinski definition) is 1. The van der Waals surface area contributed by atoms with Gasteiger partial charge in [0.15, 0.2) is 5.69 Å². The van der Waals surface area contributed by atoms with Gasteiger partial charge in [0.25, 0.3) is 5.91 Å². The van der Waals surface area contributed by atoms with E-state index in [1.165, 1.54) is 24.1 Å². The number of aromatic nitrogens is 2. The molecule has 2 N–H and O–H groups in total. The van der Waals surface area contributed by atoms with Crippen molar-refractivity contribution in [3.8, 4) is 11.4 Å². The lowest BCUT2D eigenvalue weighted by molar-refractivity contribution is -0.142. The third-order valence-corrected chi connectivity index (χ3v) is 4.54. The average molecular weight is 396 g/mol. The van der Waals surface area contributed by atoms with Crippen LogP contribution in [0.5, 0.6) is 5.75 Å². The number of rotatable bonds is 6. The molecule has 0 spiro atoms. The maximum absolute atomic E-state index is 13.5. The van der Waals surface area contributed by atoms with Crippen molar-refractivity contribution in [2.24, 2.45) is 5.73 Å². The Morgan fingerprint density at radius 1 is 1.29 bits per heavy atom. The topological polar surface area (TPSA) is 90.5 Å². The molecule has 1 aromatic carbocycles. The van der Waals surface area contributed by atoms with Gasteiger partial charge in [-0.25, -0.2) is 4.68 Å². The number of nitrogens with zero attached hydrogens (tertiary/aromatic N) is 3. The molecule has 0 aliphatic carbocycles. The number of halogens is 3. The molecule has 150 valence electrons. The Morgan fingerprint density at radius 3 is 2.54 bits per heavy atom. The highest BCUT2D eigenvalue weighted by molar-refractivity contribution is 5.96. The summed E-state index contributed by atoms with van der Waals surface area (Å²) in [6.45, 7) is 0.359. The zero-order valence-electron chi connectivity index (χ0n) is 15.1. The summed E-state index contributed by atoms with van der Waals surface area (Å²) >= 11 is 0. The third-order valence-electron chi connectivity index (χ3n) is 4.54. The van der Waals surface area contributed by atoms with Crippen molar-refractivity contribution in [2.75, 3.05) is 20.2 Å². The van der Waals surface area contributed by atoms with E-state index in [2.05, 4.69) is 5.10 Å². The van der Waals surface area contributed by atoms with E-state index in [1.807, 2.05) is 0 Å². The second-order valence-corrected chi connectivity index (χ2v) is 6.40. The Kier molecular flexibility index (Phi) is 5.30. The summed E-state index contributed by atoms with van der Waals surface area (Å²) in [6, 6.07) is 6.22. The van der Waals surface area contributed by atoms with E-state index >= 15 is 0 Å². The van der Waals surface area contributed by atoms with E-state index in [1.54, 1.807) is 12.1 Å². The van der Waals surface area contributed by atoms with Crippen molar-refractivity contribution in [3.05, 3.63) is 41.2 Å². The SMILES string of the molecule is COc1ccc(-n2nc(C(F)(F)F)c3c2C(=O)N(CCCC(N)=O)CC3)cc1. The number of nitrogens with two attached hydrogens (primary N) is 1. The standard InChI is InChI=1S/C18H19F3N4O3/c1-28-12-6-4-11(5-7-12)25-15-13(16(23-25)18(19,20)21)8-10-24(17(15)27)9-2-3-14(22)26/h4-7H,2-3,8-10H2,1H3,(H2,22,26). The van der Waals surface area contributed by atoms with Crippen molar-refractivity contribution >= 4 is 11.8 Å². The molecule has 0 radical (unpaired) electrons. The zero-order chi connectivity index (χ0) is 20.5. The Morgan fingerprint density at radius 2 is 1.96 bits per heavy atom. The first kappa shape index (κ1) is 19.7. The van der Waals surface area contributed by atoms with Crippen LogP contribution in [0.3, 0.4) is 0 Å². The highest BCUT2D eigenvalue weighted by atomic mass is 19.4. The Balaban J connectivity index is 2.01. The highest BCUT2D eigenvalue weighted by Crippen LogP contribution is 2.36. The van der Waals surface area contributed by atoms with Crippen LogP contribution in [0.2, 0.25) is 0 Å². The molecule has 28 heavy (non-hydrogen) atoms. The number of ether oxygens (including phenoxy) is 1. The minimum atomic E-state index is -4.67. The van der Waals surface area contributed by atoms with E-state index in [4.69, 9.17) is 10.5 Å². The van der Waals surface area contributed by atoms with Gasteiger partial charge in [-0.05, 0) is 37.1 Å². The number of methoxy groups -OCH3 is 1. The van der Waals surface area contributed by atoms with Gasteiger partial charge in [-0.2, -0.15) is 18.3 Å². The van der Waals surface area contributed by atoms with Gasteiger partial charge in [-0.1, -0.05) is 0 Å². The van der Waals surface area contributed by atoms with Crippen LogP contribution >= 0.6 is 0 Å². The van der Waals surface area contributed by atoms with Gasteiger partial charge >= 0.3 is 6.18 Å². The first-order valence-corrected chi connectivity index (χ1v) is 8.63. The van der Waals surface area contributed by atoms with Crippen LogP contribution in [-0.4, -0.2) is 46.7 Å². The molecule has 0 atom stereocenters. The van der Waals surface area contributed by atoms with Gasteiger partial charge in [0.1, 0.15) is 11.4 Å². The molecule has 7 nitrogen and oxygen atoms in total. The van der Waals surface area contributed by atoms with Crippen molar-refractivity contribution in [1.82, 2.24) is 14.7 Å². The fourth-order valence-corrected chi connectivity index (χ4v) is 3.20. The lowest BCUT2D eigenvalue weighted by atomic mass is 10.0. The molecule has 2 aromatic rings. The van der Waals surface area contributed by atoms with Crippen LogP contribution in [0.1, 0.15) is 34.6 Å². The Labute approximate surface area is 158 Å². The quantitative estimate of drug-likeness (QED) is 0.810. The molecule has 0 saturated carbocycles. The number of carbonyl (C=O) groups excluding carboxylic acids is 2. The number of alkyl halides is 3. The monoisotopic (exact) mass is 396 g/mol. The number of primary amides is 1. The molecule has 2 amide bonds. The van der Waals surface area contributed by atoms with Crippen LogP contribution in [0.25, 0.3) is 5.69 Å². The minimum absolute atomic E-state index is 0.0304. The Bertz CT molecular complexity index is 891. The molecule has 0 bridgehead atoms. The average Bonchev–Trinajstić information content (AvgIpc) is 3.04. The number of fused-ring (bicyclic) bond motifs is 1. The molecule has 0 fully saturated rings. The summed E-state index contributed by atoms with van der Waals surface area (Å²) in [5.74, 6) is -0.516. The van der Waals surface area contributed by atoms with Crippen LogP contribution in [0, 0.1) is 0 Å². The lowest BCUT2D eigenvalue weighted by Gasteiger charge is -2.27. The summed E-state index contributed by atoms with van der Waals surface area (Å²) < 4.78 is 46.5. The van der Waals surface area contributed by atoms with Crippen molar-refractivity contribution in [1.29, 1.82) is 0 Å². The smallest absolute Gasteiger partial charge is 0.435 e. The maximum Gasteiger partial charge on any atom is 0.435 e. The Hall–Kier alpha value is -3.04. The van der Waals surface area contributed by atoms with Gasteiger partial charge in [0.2, 0.25) is 5.91 Å². The molecule has 3 rings (SSSR count). The third kappa shape index (κ3) is 3.80. The predicted molar refractivity (Wildman–Crippen MR) is 93.2 cm³/mol. The van der Waals surface area contributed by atoms with E-state index in [-0.39, 0.29) is 37.2 Å². The van der Waals surface area contributed by atoms with Crippen LogP contribution < -0.4 is 10.5 Å². The van der Waals surface area contributed by atoms with E-state index in [0.717, 1.165) is 4.68 Å². The summed E-state index contributed by atoms with van der Waals surface area (Å²) in [6.07, 6.45) is -4.19. The van der Waals surface area contributed by atoms with Crippen LogP contribution in [0.15, 0.2) is 24.3 Å². The fraction of sp³-hybridized carbons (Fsp3) is 0.389. The van der Waals surface area contributed by atoms with Crippen molar-refractivity contribution in [3.63, 3.8) is 0 Å². The number of hydrogen-bond acceptors (Lipinski definition) is 4. The minimum Gasteiger partial charge on any atom is -0.497 e. The predicted octanol–water partition coefficient (Wildman–Crippen LogP) is 2.16. The molecule has 10 heteroatoms. The number of carbonyl (C=O) groups is 2. The number of benzene rings is 1. The lowest BCUT2D eigenvalue weighted by Crippen LogP contribution is -2.39. The van der Waals surface area contributed by atoms with Gasteiger partial charge in [0.05, 0.1) is 12.8 Å². The maximum atomic E-state index is 13.5. The molecule has 1 aromatic heterocycles. The van der Waals surface area contributed by atoms with E-state index in [0.29, 0.717) is 17.9 Å². The molecule has 0 unspecified atom stereocenters. The van der Waals surface area contributed by atoms with E-state index in [9.17, 15) is 22.8 Å². The highest BCUT2D eigenvalue weighted by Gasteiger charge is 2.43. The second kappa shape index (κ2) is 7.53. The largest absolute Gasteiger partial charge is 0.497 e. The first-order valence-electron chi connectivity index (χ1n) is 8.63. The molecule has 1 aliphatic rings. The van der Waals surface area contributed by atoms with Gasteiger partial charge in [-0.3, -0.25) is 9.59 Å². The van der Waals surface area contributed by atoms with Crippen LogP contribution in [-0.2, 0) is 17.4 Å². The molecule has 0 saturated heterocycles. The van der Waals surface area contributed by atoms with Gasteiger partial charge < -0.3 is 15.4 Å². The van der Waals surface area contributed by atoms with Crippen molar-refractivity contribution in [2.45, 2.75) is 25.4 Å². The summed E-state index contributed by atoms with van der Waals surface area (Å²) in [5.41, 5.74) is 4.15.